The van der Waals surface area contributed by atoms with Crippen LogP contribution in [0.25, 0.3) is 22.2 Å². The molecule has 4 rings (SSSR count). The van der Waals surface area contributed by atoms with E-state index in [9.17, 15) is 0 Å². The van der Waals surface area contributed by atoms with Crippen LogP contribution in [0.3, 0.4) is 0 Å². The van der Waals surface area contributed by atoms with Crippen LogP contribution in [0, 0.1) is 13.8 Å². The lowest BCUT2D eigenvalue weighted by Gasteiger charge is -2.29. The summed E-state index contributed by atoms with van der Waals surface area (Å²) in [5, 5.41) is 1.27. The molecule has 0 aliphatic carbocycles. The fourth-order valence-electron chi connectivity index (χ4n) is 4.37. The third kappa shape index (κ3) is 3.79. The van der Waals surface area contributed by atoms with Crippen molar-refractivity contribution in [3.63, 3.8) is 0 Å². The van der Waals surface area contributed by atoms with Crippen LogP contribution in [0.5, 0.6) is 5.75 Å². The lowest BCUT2D eigenvalue weighted by atomic mass is 9.96. The van der Waals surface area contributed by atoms with Crippen molar-refractivity contribution in [2.24, 2.45) is 0 Å². The first-order valence-corrected chi connectivity index (χ1v) is 10.4. The van der Waals surface area contributed by atoms with Crippen molar-refractivity contribution in [2.45, 2.75) is 52.6 Å². The summed E-state index contributed by atoms with van der Waals surface area (Å²) in [6.07, 6.45) is 2.51. The van der Waals surface area contributed by atoms with Gasteiger partial charge in [0.1, 0.15) is 11.9 Å². The van der Waals surface area contributed by atoms with E-state index in [0.717, 1.165) is 43.1 Å². The van der Waals surface area contributed by atoms with E-state index in [-0.39, 0.29) is 0 Å². The molecule has 0 bridgehead atoms. The normalized spacial score (nSPS) is 16.2. The number of piperidine rings is 1. The smallest absolute Gasteiger partial charge is 0.120 e. The number of ether oxygens (including phenoxy) is 1. The Morgan fingerprint density at radius 2 is 1.75 bits per heavy atom. The molecule has 1 aliphatic heterocycles. The molecule has 28 heavy (non-hydrogen) atoms. The molecule has 1 fully saturated rings. The van der Waals surface area contributed by atoms with E-state index in [1.165, 1.54) is 27.7 Å². The topological polar surface area (TPSA) is 41.1 Å². The number of nitrogens with one attached hydrogen (secondary N) is 1. The highest BCUT2D eigenvalue weighted by atomic mass is 16.5. The molecule has 3 heterocycles. The average molecular weight is 378 g/mol. The third-order valence-corrected chi connectivity index (χ3v) is 5.73. The zero-order chi connectivity index (χ0) is 19.8. The Bertz CT molecular complexity index is 961. The molecular weight excluding hydrogens is 346 g/mol. The van der Waals surface area contributed by atoms with Crippen LogP contribution in [0.15, 0.2) is 30.3 Å². The SMILES string of the molecule is Cc1cc(-c2[nH]c3ccc(OC4CCN(C)CC4)cc3c2C(C)C)cc(C)n1. The summed E-state index contributed by atoms with van der Waals surface area (Å²) in [6, 6.07) is 10.8. The molecule has 1 aliphatic rings. The van der Waals surface area contributed by atoms with Gasteiger partial charge in [-0.1, -0.05) is 13.8 Å². The number of H-pyrrole nitrogens is 1. The third-order valence-electron chi connectivity index (χ3n) is 5.73. The highest BCUT2D eigenvalue weighted by molar-refractivity contribution is 5.92. The molecule has 0 spiro atoms. The standard InChI is InChI=1S/C24H31N3O/c1-15(2)23-21-14-20(28-19-8-10-27(5)11-9-19)6-7-22(21)26-24(23)18-12-16(3)25-17(4)13-18/h6-7,12-15,19,26H,8-11H2,1-5H3. The van der Waals surface area contributed by atoms with Crippen LogP contribution in [-0.4, -0.2) is 41.1 Å². The van der Waals surface area contributed by atoms with Gasteiger partial charge >= 0.3 is 0 Å². The van der Waals surface area contributed by atoms with Gasteiger partial charge in [-0.25, -0.2) is 0 Å². The Morgan fingerprint density at radius 3 is 2.39 bits per heavy atom. The summed E-state index contributed by atoms with van der Waals surface area (Å²) in [5.41, 5.74) is 7.04. The van der Waals surface area contributed by atoms with Gasteiger partial charge in [0.25, 0.3) is 0 Å². The molecule has 1 N–H and O–H groups in total. The van der Waals surface area contributed by atoms with Crippen molar-refractivity contribution in [1.29, 1.82) is 0 Å². The van der Waals surface area contributed by atoms with Crippen molar-refractivity contribution in [2.75, 3.05) is 20.1 Å². The molecule has 0 unspecified atom stereocenters. The Morgan fingerprint density at radius 1 is 1.07 bits per heavy atom. The van der Waals surface area contributed by atoms with Crippen molar-refractivity contribution < 1.29 is 4.74 Å². The second kappa shape index (κ2) is 7.59. The number of nitrogens with zero attached hydrogens (tertiary/aromatic N) is 2. The van der Waals surface area contributed by atoms with Crippen LogP contribution in [0.4, 0.5) is 0 Å². The maximum Gasteiger partial charge on any atom is 0.120 e. The second-order valence-corrected chi connectivity index (χ2v) is 8.53. The lowest BCUT2D eigenvalue weighted by Crippen LogP contribution is -2.35. The first kappa shape index (κ1) is 19.0. The van der Waals surface area contributed by atoms with E-state index < -0.39 is 0 Å². The van der Waals surface area contributed by atoms with Gasteiger partial charge in [0.05, 0.1) is 5.69 Å². The molecule has 4 nitrogen and oxygen atoms in total. The molecule has 0 saturated carbocycles. The number of hydrogen-bond donors (Lipinski definition) is 1. The van der Waals surface area contributed by atoms with Crippen molar-refractivity contribution in [3.05, 3.63) is 47.3 Å². The summed E-state index contributed by atoms with van der Waals surface area (Å²) in [4.78, 5) is 10.6. The summed E-state index contributed by atoms with van der Waals surface area (Å²) >= 11 is 0. The zero-order valence-corrected chi connectivity index (χ0v) is 17.7. The summed E-state index contributed by atoms with van der Waals surface area (Å²) < 4.78 is 6.35. The molecule has 2 aromatic heterocycles. The number of fused-ring (bicyclic) bond motifs is 1. The van der Waals surface area contributed by atoms with Gasteiger partial charge in [-0.3, -0.25) is 4.98 Å². The molecule has 1 aromatic carbocycles. The van der Waals surface area contributed by atoms with E-state index in [4.69, 9.17) is 4.74 Å². The van der Waals surface area contributed by atoms with Crippen LogP contribution in [0.2, 0.25) is 0 Å². The number of aromatic amines is 1. The van der Waals surface area contributed by atoms with Gasteiger partial charge in [0.2, 0.25) is 0 Å². The highest BCUT2D eigenvalue weighted by Crippen LogP contribution is 2.37. The first-order valence-electron chi connectivity index (χ1n) is 10.4. The average Bonchev–Trinajstić information content (AvgIpc) is 3.02. The van der Waals surface area contributed by atoms with E-state index in [2.05, 4.69) is 79.9 Å². The quantitative estimate of drug-likeness (QED) is 0.658. The Balaban J connectivity index is 1.73. The first-order chi connectivity index (χ1) is 13.4. The maximum atomic E-state index is 6.35. The summed E-state index contributed by atoms with van der Waals surface area (Å²) in [7, 11) is 2.18. The zero-order valence-electron chi connectivity index (χ0n) is 17.7. The maximum absolute atomic E-state index is 6.35. The predicted octanol–water partition coefficient (Wildman–Crippen LogP) is 5.44. The molecule has 4 heteroatoms. The van der Waals surface area contributed by atoms with E-state index in [1.807, 2.05) is 0 Å². The minimum atomic E-state index is 0.319. The van der Waals surface area contributed by atoms with Gasteiger partial charge in [-0.05, 0) is 75.5 Å². The molecular formula is C24H31N3O. The Labute approximate surface area is 167 Å². The largest absolute Gasteiger partial charge is 0.490 e. The molecule has 0 amide bonds. The molecule has 1 saturated heterocycles. The number of hydrogen-bond acceptors (Lipinski definition) is 3. The van der Waals surface area contributed by atoms with Gasteiger partial charge in [-0.2, -0.15) is 0 Å². The molecule has 0 radical (unpaired) electrons. The van der Waals surface area contributed by atoms with Crippen LogP contribution < -0.4 is 4.74 Å². The monoisotopic (exact) mass is 377 g/mol. The number of aromatic nitrogens is 2. The van der Waals surface area contributed by atoms with Crippen LogP contribution in [0.1, 0.15) is 49.6 Å². The van der Waals surface area contributed by atoms with Gasteiger partial charge in [-0.15, -0.1) is 0 Å². The number of rotatable bonds is 4. The van der Waals surface area contributed by atoms with Gasteiger partial charge < -0.3 is 14.6 Å². The number of aryl methyl sites for hydroxylation is 2. The summed E-state index contributed by atoms with van der Waals surface area (Å²) in [6.45, 7) is 10.9. The fraction of sp³-hybridized carbons (Fsp3) is 0.458. The number of likely N-dealkylation sites (tertiary alicyclic amines) is 1. The van der Waals surface area contributed by atoms with Crippen molar-refractivity contribution >= 4 is 10.9 Å². The number of benzene rings is 1. The van der Waals surface area contributed by atoms with Gasteiger partial charge in [0.15, 0.2) is 0 Å². The van der Waals surface area contributed by atoms with E-state index >= 15 is 0 Å². The van der Waals surface area contributed by atoms with E-state index in [0.29, 0.717) is 12.0 Å². The molecule has 3 aromatic rings. The minimum absolute atomic E-state index is 0.319. The highest BCUT2D eigenvalue weighted by Gasteiger charge is 2.20. The lowest BCUT2D eigenvalue weighted by molar-refractivity contribution is 0.114. The Kier molecular flexibility index (Phi) is 5.15. The fourth-order valence-corrected chi connectivity index (χ4v) is 4.37. The second-order valence-electron chi connectivity index (χ2n) is 8.53. The van der Waals surface area contributed by atoms with Crippen LogP contribution in [-0.2, 0) is 0 Å². The summed E-state index contributed by atoms with van der Waals surface area (Å²) in [5.74, 6) is 1.40. The number of pyridine rings is 1. The predicted molar refractivity (Wildman–Crippen MR) is 116 cm³/mol. The van der Waals surface area contributed by atoms with Crippen molar-refractivity contribution in [1.82, 2.24) is 14.9 Å². The Hall–Kier alpha value is -2.33. The van der Waals surface area contributed by atoms with Crippen LogP contribution >= 0.6 is 0 Å². The molecule has 148 valence electrons. The molecule has 0 atom stereocenters. The van der Waals surface area contributed by atoms with E-state index in [1.54, 1.807) is 0 Å². The van der Waals surface area contributed by atoms with Crippen molar-refractivity contribution in [3.8, 4) is 17.0 Å². The minimum Gasteiger partial charge on any atom is -0.490 e. The van der Waals surface area contributed by atoms with Gasteiger partial charge in [0, 0.05) is 40.9 Å².